The predicted molar refractivity (Wildman–Crippen MR) is 85.6 cm³/mol. The van der Waals surface area contributed by atoms with E-state index in [1.165, 1.54) is 12.1 Å². The Morgan fingerprint density at radius 3 is 2.17 bits per heavy atom. The Morgan fingerprint density at radius 1 is 1.08 bits per heavy atom. The van der Waals surface area contributed by atoms with Gasteiger partial charge in [0.2, 0.25) is 0 Å². The van der Waals surface area contributed by atoms with Crippen LogP contribution in [-0.4, -0.2) is 65.4 Å². The molecule has 1 aliphatic heterocycles. The number of piperazine rings is 1. The zero-order chi connectivity index (χ0) is 18.0. The molecule has 1 aromatic rings. The Hall–Kier alpha value is -1.15. The summed E-state index contributed by atoms with van der Waals surface area (Å²) in [5.41, 5.74) is -1.83. The first kappa shape index (κ1) is 19.2. The zero-order valence-electron chi connectivity index (χ0n) is 14.1. The minimum Gasteiger partial charge on any atom is -0.392 e. The van der Waals surface area contributed by atoms with Gasteiger partial charge in [0.15, 0.2) is 0 Å². The first-order valence-corrected chi connectivity index (χ1v) is 8.11. The van der Waals surface area contributed by atoms with Gasteiger partial charge in [0.05, 0.1) is 17.3 Å². The average molecular weight is 346 g/mol. The van der Waals surface area contributed by atoms with Crippen LogP contribution in [-0.2, 0) is 11.8 Å². The molecule has 136 valence electrons. The van der Waals surface area contributed by atoms with Gasteiger partial charge in [0.25, 0.3) is 0 Å². The average Bonchev–Trinajstić information content (AvgIpc) is 2.48. The number of alkyl halides is 3. The van der Waals surface area contributed by atoms with Crippen molar-refractivity contribution >= 4 is 0 Å². The molecule has 1 fully saturated rings. The summed E-state index contributed by atoms with van der Waals surface area (Å²) in [6.45, 7) is 7.13. The molecular weight excluding hydrogens is 321 g/mol. The van der Waals surface area contributed by atoms with Gasteiger partial charge in [-0.25, -0.2) is 0 Å². The molecule has 2 rings (SSSR count). The van der Waals surface area contributed by atoms with Gasteiger partial charge in [-0.1, -0.05) is 12.1 Å². The number of aliphatic hydroxyl groups is 2. The van der Waals surface area contributed by atoms with E-state index in [1.54, 1.807) is 13.8 Å². The highest BCUT2D eigenvalue weighted by Crippen LogP contribution is 2.32. The van der Waals surface area contributed by atoms with Gasteiger partial charge in [-0.2, -0.15) is 13.2 Å². The maximum Gasteiger partial charge on any atom is 0.416 e. The summed E-state index contributed by atoms with van der Waals surface area (Å²) in [5.74, 6) is 0. The highest BCUT2D eigenvalue weighted by atomic mass is 19.4. The molecule has 0 amide bonds. The summed E-state index contributed by atoms with van der Waals surface area (Å²) in [6, 6.07) is 4.88. The monoisotopic (exact) mass is 346 g/mol. The Labute approximate surface area is 140 Å². The van der Waals surface area contributed by atoms with Gasteiger partial charge in [-0.05, 0) is 31.5 Å². The second kappa shape index (κ2) is 7.39. The highest BCUT2D eigenvalue weighted by molar-refractivity contribution is 5.29. The molecule has 0 spiro atoms. The van der Waals surface area contributed by atoms with Crippen molar-refractivity contribution in [3.8, 4) is 0 Å². The lowest BCUT2D eigenvalue weighted by molar-refractivity contribution is -0.137. The third-order valence-electron chi connectivity index (χ3n) is 4.33. The van der Waals surface area contributed by atoms with Gasteiger partial charge >= 0.3 is 6.18 Å². The van der Waals surface area contributed by atoms with E-state index in [4.69, 9.17) is 0 Å². The van der Waals surface area contributed by atoms with Crippen LogP contribution in [0, 0.1) is 0 Å². The maximum atomic E-state index is 12.8. The van der Waals surface area contributed by atoms with E-state index in [0.29, 0.717) is 19.6 Å². The van der Waals surface area contributed by atoms with Crippen molar-refractivity contribution in [2.45, 2.75) is 31.7 Å². The van der Waals surface area contributed by atoms with Crippen molar-refractivity contribution in [2.75, 3.05) is 39.3 Å². The lowest BCUT2D eigenvalue weighted by atomic mass is 9.93. The van der Waals surface area contributed by atoms with Crippen molar-refractivity contribution in [3.63, 3.8) is 0 Å². The number of hydrogen-bond acceptors (Lipinski definition) is 4. The molecule has 0 aromatic heterocycles. The zero-order valence-corrected chi connectivity index (χ0v) is 14.1. The van der Waals surface area contributed by atoms with E-state index in [1.807, 2.05) is 4.90 Å². The molecule has 1 saturated heterocycles. The summed E-state index contributed by atoms with van der Waals surface area (Å²) in [7, 11) is 0. The van der Waals surface area contributed by atoms with Crippen LogP contribution in [0.5, 0.6) is 0 Å². The van der Waals surface area contributed by atoms with Crippen LogP contribution < -0.4 is 0 Å². The molecule has 0 saturated carbocycles. The molecule has 1 aromatic carbocycles. The molecule has 7 heteroatoms. The van der Waals surface area contributed by atoms with Gasteiger partial charge in [0, 0.05) is 39.3 Å². The number of aliphatic hydroxyl groups excluding tert-OH is 1. The fraction of sp³-hybridized carbons (Fsp3) is 0.647. The largest absolute Gasteiger partial charge is 0.416 e. The predicted octanol–water partition coefficient (Wildman–Crippen LogP) is 1.91. The second-order valence-electron chi connectivity index (χ2n) is 6.78. The normalized spacial score (nSPS) is 21.5. The van der Waals surface area contributed by atoms with Crippen molar-refractivity contribution < 1.29 is 23.4 Å². The van der Waals surface area contributed by atoms with Crippen LogP contribution in [0.2, 0.25) is 0 Å². The SMILES string of the molecule is C[C@@H](O)CN1CCN(C[C@](C)(O)c2cccc(C(F)(F)F)c2)CC1. The number of nitrogens with zero attached hydrogens (tertiary/aromatic N) is 2. The molecule has 2 N–H and O–H groups in total. The molecule has 0 unspecified atom stereocenters. The van der Waals surface area contributed by atoms with Crippen LogP contribution >= 0.6 is 0 Å². The molecule has 4 nitrogen and oxygen atoms in total. The standard InChI is InChI=1S/C17H25F3N2O2/c1-13(23)11-21-6-8-22(9-7-21)12-16(2,24)14-4-3-5-15(10-14)17(18,19)20/h3-5,10,13,23-24H,6-9,11-12H2,1-2H3/t13-,16+/m1/s1. The van der Waals surface area contributed by atoms with E-state index >= 15 is 0 Å². The van der Waals surface area contributed by atoms with Crippen molar-refractivity contribution in [1.29, 1.82) is 0 Å². The second-order valence-corrected chi connectivity index (χ2v) is 6.78. The molecule has 2 atom stereocenters. The first-order valence-electron chi connectivity index (χ1n) is 8.11. The van der Waals surface area contributed by atoms with Crippen LogP contribution in [0.25, 0.3) is 0 Å². The van der Waals surface area contributed by atoms with E-state index < -0.39 is 17.3 Å². The lowest BCUT2D eigenvalue weighted by Crippen LogP contribution is -2.51. The Bertz CT molecular complexity index is 539. The summed E-state index contributed by atoms with van der Waals surface area (Å²) in [6.07, 6.45) is -4.80. The van der Waals surface area contributed by atoms with Crippen LogP contribution in [0.4, 0.5) is 13.2 Å². The third kappa shape index (κ3) is 5.17. The number of β-amino-alcohol motifs (C(OH)–C–C–N with tert-alkyl or cyclic N) is 2. The topological polar surface area (TPSA) is 46.9 Å². The molecule has 1 aliphatic rings. The van der Waals surface area contributed by atoms with Gasteiger partial charge < -0.3 is 10.2 Å². The summed E-state index contributed by atoms with van der Waals surface area (Å²) in [5, 5.41) is 20.1. The Kier molecular flexibility index (Phi) is 5.91. The van der Waals surface area contributed by atoms with Gasteiger partial charge in [-0.3, -0.25) is 9.80 Å². The number of halogens is 3. The van der Waals surface area contributed by atoms with Crippen LogP contribution in [0.1, 0.15) is 25.0 Å². The van der Waals surface area contributed by atoms with E-state index in [9.17, 15) is 23.4 Å². The van der Waals surface area contributed by atoms with E-state index in [0.717, 1.165) is 25.2 Å². The molecule has 0 bridgehead atoms. The third-order valence-corrected chi connectivity index (χ3v) is 4.33. The Morgan fingerprint density at radius 2 is 1.62 bits per heavy atom. The molecule has 1 heterocycles. The van der Waals surface area contributed by atoms with Crippen LogP contribution in [0.15, 0.2) is 24.3 Å². The summed E-state index contributed by atoms with van der Waals surface area (Å²) >= 11 is 0. The molecule has 0 radical (unpaired) electrons. The van der Waals surface area contributed by atoms with Crippen molar-refractivity contribution in [1.82, 2.24) is 9.80 Å². The van der Waals surface area contributed by atoms with Gasteiger partial charge in [-0.15, -0.1) is 0 Å². The summed E-state index contributed by atoms with van der Waals surface area (Å²) < 4.78 is 38.5. The molecule has 24 heavy (non-hydrogen) atoms. The summed E-state index contributed by atoms with van der Waals surface area (Å²) in [4.78, 5) is 4.18. The number of rotatable bonds is 5. The van der Waals surface area contributed by atoms with Crippen LogP contribution in [0.3, 0.4) is 0 Å². The fourth-order valence-electron chi connectivity index (χ4n) is 3.06. The smallest absolute Gasteiger partial charge is 0.392 e. The van der Waals surface area contributed by atoms with Gasteiger partial charge in [0.1, 0.15) is 0 Å². The maximum absolute atomic E-state index is 12.8. The number of benzene rings is 1. The first-order chi connectivity index (χ1) is 11.1. The molecular formula is C17H25F3N2O2. The minimum absolute atomic E-state index is 0.267. The van der Waals surface area contributed by atoms with E-state index in [-0.39, 0.29) is 18.2 Å². The quantitative estimate of drug-likeness (QED) is 0.855. The van der Waals surface area contributed by atoms with Crippen molar-refractivity contribution in [2.24, 2.45) is 0 Å². The lowest BCUT2D eigenvalue weighted by Gasteiger charge is -2.38. The minimum atomic E-state index is -4.42. The highest BCUT2D eigenvalue weighted by Gasteiger charge is 2.34. The van der Waals surface area contributed by atoms with E-state index in [2.05, 4.69) is 4.90 Å². The molecule has 0 aliphatic carbocycles. The Balaban J connectivity index is 1.99. The van der Waals surface area contributed by atoms with Crippen molar-refractivity contribution in [3.05, 3.63) is 35.4 Å². The fourth-order valence-corrected chi connectivity index (χ4v) is 3.06. The number of hydrogen-bond donors (Lipinski definition) is 2.